The van der Waals surface area contributed by atoms with Crippen molar-refractivity contribution in [2.24, 2.45) is 0 Å². The van der Waals surface area contributed by atoms with Crippen molar-refractivity contribution >= 4 is 6.41 Å². The van der Waals surface area contributed by atoms with E-state index in [-0.39, 0.29) is 0 Å². The number of rotatable bonds is 1. The largest absolute Gasteiger partial charge is 0.338 e. The standard InChI is InChI=1S/C5H10NO2/c1-5(2,3)6(8)4-7/h8H,1-3H3. The third kappa shape index (κ3) is 1.93. The van der Waals surface area contributed by atoms with Crippen LogP contribution in [0.25, 0.3) is 0 Å². The van der Waals surface area contributed by atoms with E-state index in [1.54, 1.807) is 20.8 Å². The van der Waals surface area contributed by atoms with Crippen LogP contribution in [0, 0.1) is 0 Å². The van der Waals surface area contributed by atoms with Gasteiger partial charge in [0.25, 0.3) is 0 Å². The lowest BCUT2D eigenvalue weighted by molar-refractivity contribution is -0.0861. The zero-order valence-electron chi connectivity index (χ0n) is 5.30. The van der Waals surface area contributed by atoms with E-state index in [1.165, 1.54) is 6.41 Å². The quantitative estimate of drug-likeness (QED) is 0.308. The van der Waals surface area contributed by atoms with Gasteiger partial charge in [0.1, 0.15) is 0 Å². The van der Waals surface area contributed by atoms with Gasteiger partial charge in [-0.25, -0.2) is 5.06 Å². The van der Waals surface area contributed by atoms with E-state index in [0.717, 1.165) is 0 Å². The van der Waals surface area contributed by atoms with E-state index in [1.807, 2.05) is 0 Å². The minimum Gasteiger partial charge on any atom is -0.285 e. The molecule has 3 nitrogen and oxygen atoms in total. The molecule has 0 unspecified atom stereocenters. The third-order valence-corrected chi connectivity index (χ3v) is 0.722. The molecule has 0 heterocycles. The van der Waals surface area contributed by atoms with Gasteiger partial charge in [-0.15, -0.1) is 0 Å². The van der Waals surface area contributed by atoms with E-state index in [9.17, 15) is 4.79 Å². The number of nitrogens with zero attached hydrogens (tertiary/aromatic N) is 1. The molecule has 0 saturated heterocycles. The Morgan fingerprint density at radius 3 is 1.88 bits per heavy atom. The summed E-state index contributed by atoms with van der Waals surface area (Å²) in [6.07, 6.45) is 1.34. The summed E-state index contributed by atoms with van der Waals surface area (Å²) in [4.78, 5) is 9.70. The summed E-state index contributed by atoms with van der Waals surface area (Å²) >= 11 is 0. The lowest BCUT2D eigenvalue weighted by Crippen LogP contribution is -2.37. The highest BCUT2D eigenvalue weighted by Crippen LogP contribution is 2.05. The highest BCUT2D eigenvalue weighted by molar-refractivity contribution is 5.47. The fourth-order valence-electron chi connectivity index (χ4n) is 0.137. The first-order valence-corrected chi connectivity index (χ1v) is 2.35. The maximum absolute atomic E-state index is 9.70. The van der Waals surface area contributed by atoms with E-state index >= 15 is 0 Å². The van der Waals surface area contributed by atoms with Crippen LogP contribution >= 0.6 is 0 Å². The summed E-state index contributed by atoms with van der Waals surface area (Å²) in [5.41, 5.74) is -0.526. The maximum Gasteiger partial charge on any atom is 0.338 e. The molecule has 0 fully saturated rings. The molecular formula is C5H10NO2. The lowest BCUT2D eigenvalue weighted by Gasteiger charge is -2.23. The first-order chi connectivity index (χ1) is 3.48. The zero-order valence-corrected chi connectivity index (χ0v) is 5.30. The summed E-state index contributed by atoms with van der Waals surface area (Å²) in [5, 5.41) is 9.11. The Bertz CT molecular complexity index is 84.9. The molecule has 1 amide bonds. The van der Waals surface area contributed by atoms with Crippen molar-refractivity contribution in [3.05, 3.63) is 0 Å². The molecule has 0 aliphatic carbocycles. The van der Waals surface area contributed by atoms with Crippen molar-refractivity contribution in [3.63, 3.8) is 0 Å². The van der Waals surface area contributed by atoms with Crippen molar-refractivity contribution in [2.75, 3.05) is 0 Å². The summed E-state index contributed by atoms with van der Waals surface area (Å²) in [6, 6.07) is 0. The summed E-state index contributed by atoms with van der Waals surface area (Å²) in [7, 11) is 0. The maximum atomic E-state index is 9.70. The molecule has 0 aromatic carbocycles. The normalized spacial score (nSPS) is 11.0. The molecule has 1 radical (unpaired) electrons. The summed E-state index contributed by atoms with van der Waals surface area (Å²) in [6.45, 7) is 5.12. The highest BCUT2D eigenvalue weighted by Gasteiger charge is 2.17. The molecule has 0 spiro atoms. The number of hydrogen-bond donors (Lipinski definition) is 1. The van der Waals surface area contributed by atoms with Crippen LogP contribution in [0.5, 0.6) is 0 Å². The Hall–Kier alpha value is -0.570. The highest BCUT2D eigenvalue weighted by atomic mass is 16.5. The monoisotopic (exact) mass is 116 g/mol. The average Bonchev–Trinajstić information content (AvgIpc) is 1.62. The molecular weight excluding hydrogens is 106 g/mol. The van der Waals surface area contributed by atoms with Crippen LogP contribution in [-0.4, -0.2) is 22.2 Å². The van der Waals surface area contributed by atoms with E-state index in [0.29, 0.717) is 5.06 Å². The van der Waals surface area contributed by atoms with Gasteiger partial charge in [-0.1, -0.05) is 0 Å². The molecule has 0 aromatic rings. The Balaban J connectivity index is 3.80. The van der Waals surface area contributed by atoms with Crippen molar-refractivity contribution in [2.45, 2.75) is 26.3 Å². The predicted octanol–water partition coefficient (Wildman–Crippen LogP) is 0.543. The van der Waals surface area contributed by atoms with Crippen LogP contribution in [-0.2, 0) is 4.79 Å². The number of amides is 1. The molecule has 0 aliphatic rings. The van der Waals surface area contributed by atoms with Gasteiger partial charge in [-0.05, 0) is 20.8 Å². The van der Waals surface area contributed by atoms with Crippen molar-refractivity contribution in [1.82, 2.24) is 5.06 Å². The summed E-state index contributed by atoms with van der Waals surface area (Å²) < 4.78 is 0. The van der Waals surface area contributed by atoms with E-state index < -0.39 is 5.54 Å². The fraction of sp³-hybridized carbons (Fsp3) is 0.800. The Kier molecular flexibility index (Phi) is 1.98. The van der Waals surface area contributed by atoms with Crippen LogP contribution in [0.2, 0.25) is 0 Å². The first kappa shape index (κ1) is 7.43. The van der Waals surface area contributed by atoms with Crippen LogP contribution in [0.3, 0.4) is 0 Å². The molecule has 3 heteroatoms. The zero-order chi connectivity index (χ0) is 6.78. The minimum absolute atomic E-state index is 0.507. The Morgan fingerprint density at radius 1 is 1.50 bits per heavy atom. The predicted molar refractivity (Wildman–Crippen MR) is 29.1 cm³/mol. The molecule has 0 aliphatic heterocycles. The second kappa shape index (κ2) is 2.13. The van der Waals surface area contributed by atoms with Crippen molar-refractivity contribution in [3.8, 4) is 0 Å². The van der Waals surface area contributed by atoms with Gasteiger partial charge in [0.15, 0.2) is 0 Å². The van der Waals surface area contributed by atoms with Gasteiger partial charge >= 0.3 is 6.41 Å². The molecule has 0 rings (SSSR count). The van der Waals surface area contributed by atoms with Gasteiger partial charge in [0.05, 0.1) is 5.54 Å². The molecule has 0 aromatic heterocycles. The molecule has 8 heavy (non-hydrogen) atoms. The number of hydrogen-bond acceptors (Lipinski definition) is 2. The Labute approximate surface area is 48.9 Å². The van der Waals surface area contributed by atoms with Crippen LogP contribution in [0.15, 0.2) is 0 Å². The van der Waals surface area contributed by atoms with Crippen LogP contribution in [0.4, 0.5) is 0 Å². The van der Waals surface area contributed by atoms with Gasteiger partial charge in [-0.3, -0.25) is 10.0 Å². The van der Waals surface area contributed by atoms with Crippen molar-refractivity contribution in [1.29, 1.82) is 0 Å². The molecule has 0 saturated carbocycles. The SMILES string of the molecule is CC(C)(C)N(O)[C]=O. The second-order valence-corrected chi connectivity index (χ2v) is 2.57. The van der Waals surface area contributed by atoms with Gasteiger partial charge < -0.3 is 0 Å². The summed E-state index contributed by atoms with van der Waals surface area (Å²) in [5.74, 6) is 0. The van der Waals surface area contributed by atoms with Gasteiger partial charge in [0, 0.05) is 0 Å². The van der Waals surface area contributed by atoms with Crippen LogP contribution < -0.4 is 0 Å². The molecule has 0 bridgehead atoms. The smallest absolute Gasteiger partial charge is 0.285 e. The molecule has 47 valence electrons. The van der Waals surface area contributed by atoms with Crippen molar-refractivity contribution < 1.29 is 10.0 Å². The minimum atomic E-state index is -0.526. The number of carbonyl (C=O) groups excluding carboxylic acids is 1. The average molecular weight is 116 g/mol. The topological polar surface area (TPSA) is 40.5 Å². The molecule has 0 atom stereocenters. The third-order valence-electron chi connectivity index (χ3n) is 0.722. The molecule has 1 N–H and O–H groups in total. The Morgan fingerprint density at radius 2 is 1.88 bits per heavy atom. The fourth-order valence-corrected chi connectivity index (χ4v) is 0.137. The van der Waals surface area contributed by atoms with Gasteiger partial charge in [0.2, 0.25) is 0 Å². The lowest BCUT2D eigenvalue weighted by atomic mass is 10.1. The second-order valence-electron chi connectivity index (χ2n) is 2.57. The van der Waals surface area contributed by atoms with Gasteiger partial charge in [-0.2, -0.15) is 0 Å². The van der Waals surface area contributed by atoms with E-state index in [4.69, 9.17) is 5.21 Å². The number of hydroxylamine groups is 2. The first-order valence-electron chi connectivity index (χ1n) is 2.35. The van der Waals surface area contributed by atoms with Crippen LogP contribution in [0.1, 0.15) is 20.8 Å². The van der Waals surface area contributed by atoms with E-state index in [2.05, 4.69) is 0 Å².